The standard InChI is InChI=1S/C26H23ClFN3O4/c1-30-14-18-9-8-16(25(32)29-13-17-4-2-7-23-24(17)35-11-10-34-23)12-22(18)31(26(30)33)15-19-20(27)5-3-6-21(19)28/h2-9,12H,10-11,13-15H2,1H3,(H,29,32). The molecule has 0 radical (unpaired) electrons. The minimum Gasteiger partial charge on any atom is -0.486 e. The second-order valence-corrected chi connectivity index (χ2v) is 8.80. The molecular formula is C26H23ClFN3O4. The van der Waals surface area contributed by atoms with Crippen LogP contribution in [0.15, 0.2) is 54.6 Å². The highest BCUT2D eigenvalue weighted by molar-refractivity contribution is 6.31. The van der Waals surface area contributed by atoms with Crippen LogP contribution in [0, 0.1) is 5.82 Å². The number of anilines is 1. The maximum Gasteiger partial charge on any atom is 0.324 e. The van der Waals surface area contributed by atoms with Gasteiger partial charge < -0.3 is 19.7 Å². The number of carbonyl (C=O) groups excluding carboxylic acids is 2. The molecule has 0 aromatic heterocycles. The third kappa shape index (κ3) is 4.49. The third-order valence-electron chi connectivity index (χ3n) is 6.07. The van der Waals surface area contributed by atoms with Crippen molar-refractivity contribution in [1.82, 2.24) is 10.2 Å². The van der Waals surface area contributed by atoms with Crippen molar-refractivity contribution in [3.8, 4) is 11.5 Å². The number of hydrogen-bond donors (Lipinski definition) is 1. The number of carbonyl (C=O) groups is 2. The van der Waals surface area contributed by atoms with Crippen LogP contribution in [-0.4, -0.2) is 37.1 Å². The summed E-state index contributed by atoms with van der Waals surface area (Å²) in [6, 6.07) is 14.8. The van der Waals surface area contributed by atoms with Crippen LogP contribution >= 0.6 is 11.6 Å². The molecule has 2 heterocycles. The van der Waals surface area contributed by atoms with E-state index in [1.54, 1.807) is 25.2 Å². The van der Waals surface area contributed by atoms with Crippen molar-refractivity contribution >= 4 is 29.2 Å². The fraction of sp³-hybridized carbons (Fsp3) is 0.231. The topological polar surface area (TPSA) is 71.1 Å². The van der Waals surface area contributed by atoms with Gasteiger partial charge in [-0.25, -0.2) is 9.18 Å². The molecule has 2 aliphatic rings. The number of fused-ring (bicyclic) bond motifs is 2. The molecule has 0 bridgehead atoms. The number of nitrogens with zero attached hydrogens (tertiary/aromatic N) is 2. The molecule has 3 amide bonds. The minimum absolute atomic E-state index is 0.0553. The van der Waals surface area contributed by atoms with Crippen molar-refractivity contribution in [3.63, 3.8) is 0 Å². The first kappa shape index (κ1) is 23.0. The summed E-state index contributed by atoms with van der Waals surface area (Å²) in [6.07, 6.45) is 0. The number of hydrogen-bond acceptors (Lipinski definition) is 4. The van der Waals surface area contributed by atoms with Crippen LogP contribution in [0.1, 0.15) is 27.0 Å². The smallest absolute Gasteiger partial charge is 0.324 e. The van der Waals surface area contributed by atoms with E-state index in [4.69, 9.17) is 21.1 Å². The van der Waals surface area contributed by atoms with E-state index >= 15 is 0 Å². The molecule has 0 atom stereocenters. The molecule has 3 aromatic rings. The summed E-state index contributed by atoms with van der Waals surface area (Å²) in [4.78, 5) is 29.0. The van der Waals surface area contributed by atoms with E-state index in [2.05, 4.69) is 5.32 Å². The van der Waals surface area contributed by atoms with Gasteiger partial charge in [0.2, 0.25) is 0 Å². The zero-order valence-electron chi connectivity index (χ0n) is 19.0. The molecule has 2 aliphatic heterocycles. The lowest BCUT2D eigenvalue weighted by Crippen LogP contribution is -2.45. The average Bonchev–Trinajstić information content (AvgIpc) is 2.86. The van der Waals surface area contributed by atoms with Crippen LogP contribution in [0.25, 0.3) is 0 Å². The van der Waals surface area contributed by atoms with Crippen LogP contribution in [0.2, 0.25) is 5.02 Å². The number of urea groups is 1. The Labute approximate surface area is 207 Å². The van der Waals surface area contributed by atoms with Gasteiger partial charge in [0.15, 0.2) is 11.5 Å². The Kier molecular flexibility index (Phi) is 6.21. The van der Waals surface area contributed by atoms with E-state index < -0.39 is 5.82 Å². The van der Waals surface area contributed by atoms with E-state index in [-0.39, 0.29) is 35.6 Å². The second kappa shape index (κ2) is 9.46. The number of para-hydroxylation sites is 1. The average molecular weight is 496 g/mol. The van der Waals surface area contributed by atoms with Gasteiger partial charge in [-0.3, -0.25) is 9.69 Å². The van der Waals surface area contributed by atoms with E-state index in [1.165, 1.54) is 21.9 Å². The maximum absolute atomic E-state index is 14.5. The molecule has 180 valence electrons. The van der Waals surface area contributed by atoms with Crippen LogP contribution in [0.4, 0.5) is 14.9 Å². The fourth-order valence-corrected chi connectivity index (χ4v) is 4.49. The number of nitrogens with one attached hydrogen (secondary N) is 1. The summed E-state index contributed by atoms with van der Waals surface area (Å²) in [5, 5.41) is 3.14. The van der Waals surface area contributed by atoms with Crippen molar-refractivity contribution in [2.75, 3.05) is 25.2 Å². The molecule has 0 saturated heterocycles. The first-order valence-corrected chi connectivity index (χ1v) is 11.5. The van der Waals surface area contributed by atoms with E-state index in [9.17, 15) is 14.0 Å². The Morgan fingerprint density at radius 1 is 1.11 bits per heavy atom. The summed E-state index contributed by atoms with van der Waals surface area (Å²) >= 11 is 6.22. The van der Waals surface area contributed by atoms with Gasteiger partial charge in [0.05, 0.1) is 12.2 Å². The maximum atomic E-state index is 14.5. The van der Waals surface area contributed by atoms with Gasteiger partial charge in [0.25, 0.3) is 5.91 Å². The Balaban J connectivity index is 1.40. The number of ether oxygens (including phenoxy) is 2. The Bertz CT molecular complexity index is 1300. The quantitative estimate of drug-likeness (QED) is 0.554. The largest absolute Gasteiger partial charge is 0.486 e. The molecule has 35 heavy (non-hydrogen) atoms. The number of amides is 3. The first-order valence-electron chi connectivity index (χ1n) is 11.2. The summed E-state index contributed by atoms with van der Waals surface area (Å²) in [6.45, 7) is 1.51. The van der Waals surface area contributed by atoms with Crippen molar-refractivity contribution in [1.29, 1.82) is 0 Å². The van der Waals surface area contributed by atoms with E-state index in [1.807, 2.05) is 24.3 Å². The van der Waals surface area contributed by atoms with Gasteiger partial charge in [0.1, 0.15) is 19.0 Å². The normalized spacial score (nSPS) is 14.5. The SMILES string of the molecule is CN1Cc2ccc(C(=O)NCc3cccc4c3OCCO4)cc2N(Cc2c(F)cccc2Cl)C1=O. The highest BCUT2D eigenvalue weighted by atomic mass is 35.5. The molecule has 0 aliphatic carbocycles. The molecule has 7 nitrogen and oxygen atoms in total. The van der Waals surface area contributed by atoms with Crippen molar-refractivity contribution in [2.45, 2.75) is 19.6 Å². The Morgan fingerprint density at radius 2 is 1.91 bits per heavy atom. The lowest BCUT2D eigenvalue weighted by atomic mass is 10.0. The summed E-state index contributed by atoms with van der Waals surface area (Å²) < 4.78 is 25.8. The van der Waals surface area contributed by atoms with Gasteiger partial charge >= 0.3 is 6.03 Å². The van der Waals surface area contributed by atoms with Gasteiger partial charge in [0, 0.05) is 41.9 Å². The highest BCUT2D eigenvalue weighted by Gasteiger charge is 2.30. The number of halogens is 2. The van der Waals surface area contributed by atoms with Gasteiger partial charge in [-0.15, -0.1) is 0 Å². The predicted octanol–water partition coefficient (Wildman–Crippen LogP) is 4.75. The summed E-state index contributed by atoms with van der Waals surface area (Å²) in [5.74, 6) is 0.483. The first-order chi connectivity index (χ1) is 16.9. The molecule has 0 saturated carbocycles. The summed E-state index contributed by atoms with van der Waals surface area (Å²) in [5.41, 5.74) is 2.80. The lowest BCUT2D eigenvalue weighted by Gasteiger charge is -2.35. The van der Waals surface area contributed by atoms with Crippen LogP contribution in [0.3, 0.4) is 0 Å². The molecule has 3 aromatic carbocycles. The van der Waals surface area contributed by atoms with Crippen LogP contribution in [-0.2, 0) is 19.6 Å². The number of benzene rings is 3. The number of rotatable bonds is 5. The zero-order valence-corrected chi connectivity index (χ0v) is 19.8. The lowest BCUT2D eigenvalue weighted by molar-refractivity contribution is 0.0949. The Hall–Kier alpha value is -3.78. The fourth-order valence-electron chi connectivity index (χ4n) is 4.27. The van der Waals surface area contributed by atoms with Crippen molar-refractivity contribution in [2.24, 2.45) is 0 Å². The molecule has 1 N–H and O–H groups in total. The Morgan fingerprint density at radius 3 is 2.74 bits per heavy atom. The van der Waals surface area contributed by atoms with Crippen LogP contribution < -0.4 is 19.7 Å². The molecule has 9 heteroatoms. The second-order valence-electron chi connectivity index (χ2n) is 8.39. The highest BCUT2D eigenvalue weighted by Crippen LogP contribution is 2.34. The van der Waals surface area contributed by atoms with E-state index in [0.29, 0.717) is 42.5 Å². The molecule has 0 spiro atoms. The molecule has 5 rings (SSSR count). The monoisotopic (exact) mass is 495 g/mol. The molecule has 0 unspecified atom stereocenters. The van der Waals surface area contributed by atoms with Crippen molar-refractivity contribution < 1.29 is 23.5 Å². The molecular weight excluding hydrogens is 473 g/mol. The van der Waals surface area contributed by atoms with Gasteiger partial charge in [-0.2, -0.15) is 0 Å². The minimum atomic E-state index is -0.494. The zero-order chi connectivity index (χ0) is 24.5. The molecule has 0 fully saturated rings. The van der Waals surface area contributed by atoms with Crippen LogP contribution in [0.5, 0.6) is 11.5 Å². The van der Waals surface area contributed by atoms with Gasteiger partial charge in [-0.05, 0) is 35.9 Å². The summed E-state index contributed by atoms with van der Waals surface area (Å²) in [7, 11) is 1.67. The van der Waals surface area contributed by atoms with Crippen molar-refractivity contribution in [3.05, 3.63) is 87.7 Å². The van der Waals surface area contributed by atoms with Gasteiger partial charge in [-0.1, -0.05) is 35.9 Å². The third-order valence-corrected chi connectivity index (χ3v) is 6.42. The predicted molar refractivity (Wildman–Crippen MR) is 130 cm³/mol. The van der Waals surface area contributed by atoms with E-state index in [0.717, 1.165) is 11.1 Å².